The second-order valence-electron chi connectivity index (χ2n) is 11.6. The molecule has 2 aromatic heterocycles. The second-order valence-corrected chi connectivity index (χ2v) is 11.6. The van der Waals surface area contributed by atoms with Gasteiger partial charge in [-0.1, -0.05) is 64.9 Å². The summed E-state index contributed by atoms with van der Waals surface area (Å²) in [5, 5.41) is 4.37. The van der Waals surface area contributed by atoms with E-state index in [4.69, 9.17) is 11.3 Å². The van der Waals surface area contributed by atoms with Crippen molar-refractivity contribution in [3.63, 3.8) is 0 Å². The lowest BCUT2D eigenvalue weighted by Crippen LogP contribution is -2.34. The number of benzene rings is 3. The summed E-state index contributed by atoms with van der Waals surface area (Å²) in [5.41, 5.74) is 7.07. The minimum Gasteiger partial charge on any atom is -0.454 e. The Morgan fingerprint density at radius 3 is 2.46 bits per heavy atom. The summed E-state index contributed by atoms with van der Waals surface area (Å²) in [6, 6.07) is 16.2. The van der Waals surface area contributed by atoms with Crippen LogP contribution in [0.25, 0.3) is 44.0 Å². The van der Waals surface area contributed by atoms with E-state index in [-0.39, 0.29) is 16.4 Å². The molecule has 1 aliphatic rings. The smallest absolute Gasteiger partial charge is 0.216 e. The average molecular weight is 468 g/mol. The van der Waals surface area contributed by atoms with Crippen molar-refractivity contribution in [3.8, 4) is 11.3 Å². The number of hydrogen-bond acceptors (Lipinski definition) is 1. The van der Waals surface area contributed by atoms with Crippen LogP contribution in [0, 0.1) is 6.92 Å². The summed E-state index contributed by atoms with van der Waals surface area (Å²) in [5.74, 6) is 0. The van der Waals surface area contributed by atoms with Crippen molar-refractivity contribution in [1.29, 1.82) is 0 Å². The summed E-state index contributed by atoms with van der Waals surface area (Å²) in [6.45, 7) is 8.56. The molecule has 0 N–H and O–H groups in total. The molecule has 2 heterocycles. The first kappa shape index (κ1) is 17.3. The van der Waals surface area contributed by atoms with Crippen molar-refractivity contribution in [2.75, 3.05) is 0 Å². The lowest BCUT2D eigenvalue weighted by molar-refractivity contribution is -0.660. The van der Waals surface area contributed by atoms with E-state index in [9.17, 15) is 0 Å². The Hall–Kier alpha value is -3.13. The van der Waals surface area contributed by atoms with Gasteiger partial charge >= 0.3 is 0 Å². The maximum atomic E-state index is 8.37. The maximum absolute atomic E-state index is 8.37. The molecule has 0 atom stereocenters. The van der Waals surface area contributed by atoms with Gasteiger partial charge in [-0.3, -0.25) is 0 Å². The number of pyridine rings is 1. The van der Waals surface area contributed by atoms with E-state index in [2.05, 4.69) is 64.1 Å². The highest BCUT2D eigenvalue weighted by molar-refractivity contribution is 6.18. The Bertz CT molecular complexity index is 1840. The zero-order chi connectivity index (χ0) is 29.0. The number of hydrogen-bond donors (Lipinski definition) is 0. The van der Waals surface area contributed by atoms with Crippen LogP contribution in [0.2, 0.25) is 0 Å². The quantitative estimate of drug-likeness (QED) is 0.238. The van der Waals surface area contributed by atoms with Crippen LogP contribution in [0.1, 0.15) is 76.5 Å². The largest absolute Gasteiger partial charge is 0.454 e. The van der Waals surface area contributed by atoms with Crippen LogP contribution in [0.5, 0.6) is 0 Å². The maximum Gasteiger partial charge on any atom is 0.216 e. The molecule has 0 bridgehead atoms. The van der Waals surface area contributed by atoms with Crippen molar-refractivity contribution >= 4 is 32.7 Å². The van der Waals surface area contributed by atoms with Crippen LogP contribution < -0.4 is 4.57 Å². The summed E-state index contributed by atoms with van der Waals surface area (Å²) in [4.78, 5) is 0. The molecule has 0 aliphatic heterocycles. The highest BCUT2D eigenvalue weighted by atomic mass is 16.3. The molecular formula is C33H36NO+. The lowest BCUT2D eigenvalue weighted by atomic mass is 9.62. The van der Waals surface area contributed by atoms with Gasteiger partial charge in [-0.15, -0.1) is 0 Å². The van der Waals surface area contributed by atoms with E-state index in [1.54, 1.807) is 18.3 Å². The SMILES string of the molecule is [2H]C([2H])([2H])C([2H])([2H])c1cc[n+](C)c(-c2c(C)ccc3c2oc2c3ccc3ccc4c(c32)C(C)(C)CCC4(C)C)c1. The minimum atomic E-state index is -2.79. The Balaban J connectivity index is 1.71. The fourth-order valence-corrected chi connectivity index (χ4v) is 6.17. The average Bonchev–Trinajstić information content (AvgIpc) is 3.25. The molecule has 5 aromatic rings. The molecule has 0 saturated heterocycles. The molecular weight excluding hydrogens is 426 g/mol. The first-order valence-corrected chi connectivity index (χ1v) is 12.5. The normalized spacial score (nSPS) is 19.7. The Kier molecular flexibility index (Phi) is 3.68. The van der Waals surface area contributed by atoms with Gasteiger partial charge in [0.15, 0.2) is 6.20 Å². The van der Waals surface area contributed by atoms with E-state index >= 15 is 0 Å². The fraction of sp³-hybridized carbons (Fsp3) is 0.364. The number of aromatic nitrogens is 1. The van der Waals surface area contributed by atoms with Gasteiger partial charge in [0, 0.05) is 35.1 Å². The first-order chi connectivity index (χ1) is 18.5. The van der Waals surface area contributed by atoms with E-state index < -0.39 is 13.2 Å². The van der Waals surface area contributed by atoms with E-state index in [1.807, 2.05) is 18.5 Å². The fourth-order valence-electron chi connectivity index (χ4n) is 6.17. The Labute approximate surface area is 215 Å². The van der Waals surface area contributed by atoms with Crippen molar-refractivity contribution in [2.24, 2.45) is 7.05 Å². The number of fused-ring (bicyclic) bond motifs is 7. The Morgan fingerprint density at radius 2 is 1.66 bits per heavy atom. The molecule has 0 fully saturated rings. The van der Waals surface area contributed by atoms with Crippen molar-refractivity contribution in [3.05, 3.63) is 77.0 Å². The molecule has 0 amide bonds. The molecule has 3 aromatic carbocycles. The molecule has 2 heteroatoms. The number of rotatable bonds is 2. The highest BCUT2D eigenvalue weighted by Gasteiger charge is 2.39. The van der Waals surface area contributed by atoms with Gasteiger partial charge in [0.05, 0.1) is 5.56 Å². The van der Waals surface area contributed by atoms with Crippen LogP contribution in [0.4, 0.5) is 0 Å². The third-order valence-electron chi connectivity index (χ3n) is 8.33. The summed E-state index contributed by atoms with van der Waals surface area (Å²) < 4.78 is 48.9. The summed E-state index contributed by atoms with van der Waals surface area (Å²) in [7, 11) is 1.89. The monoisotopic (exact) mass is 467 g/mol. The van der Waals surface area contributed by atoms with Crippen LogP contribution in [0.15, 0.2) is 59.1 Å². The van der Waals surface area contributed by atoms with Gasteiger partial charge < -0.3 is 4.42 Å². The molecule has 1 aliphatic carbocycles. The van der Waals surface area contributed by atoms with E-state index in [0.717, 1.165) is 51.3 Å². The topological polar surface area (TPSA) is 17.0 Å². The molecule has 0 spiro atoms. The van der Waals surface area contributed by atoms with Crippen LogP contribution in [-0.4, -0.2) is 0 Å². The van der Waals surface area contributed by atoms with Gasteiger partial charge in [-0.05, 0) is 70.7 Å². The summed E-state index contributed by atoms with van der Waals surface area (Å²) >= 11 is 0. The van der Waals surface area contributed by atoms with Crippen LogP contribution >= 0.6 is 0 Å². The highest BCUT2D eigenvalue weighted by Crippen LogP contribution is 2.51. The van der Waals surface area contributed by atoms with Crippen LogP contribution in [0.3, 0.4) is 0 Å². The van der Waals surface area contributed by atoms with E-state index in [1.165, 1.54) is 16.5 Å². The van der Waals surface area contributed by atoms with Crippen molar-refractivity contribution < 1.29 is 15.8 Å². The molecule has 2 nitrogen and oxygen atoms in total. The number of nitrogens with zero attached hydrogens (tertiary/aromatic N) is 1. The zero-order valence-corrected chi connectivity index (χ0v) is 21.5. The summed E-state index contributed by atoms with van der Waals surface area (Å²) in [6.07, 6.45) is 1.47. The van der Waals surface area contributed by atoms with Crippen LogP contribution in [-0.2, 0) is 24.3 Å². The molecule has 0 radical (unpaired) electrons. The van der Waals surface area contributed by atoms with E-state index in [0.29, 0.717) is 5.69 Å². The molecule has 178 valence electrons. The third-order valence-corrected chi connectivity index (χ3v) is 8.33. The van der Waals surface area contributed by atoms with Gasteiger partial charge in [0.25, 0.3) is 0 Å². The zero-order valence-electron chi connectivity index (χ0n) is 26.5. The lowest BCUT2D eigenvalue weighted by Gasteiger charge is -2.42. The van der Waals surface area contributed by atoms with Crippen molar-refractivity contribution in [2.45, 2.75) is 71.5 Å². The minimum absolute atomic E-state index is 0.00199. The van der Waals surface area contributed by atoms with Gasteiger partial charge in [0.2, 0.25) is 5.69 Å². The Morgan fingerprint density at radius 1 is 0.943 bits per heavy atom. The second kappa shape index (κ2) is 7.43. The van der Waals surface area contributed by atoms with Gasteiger partial charge in [-0.2, -0.15) is 0 Å². The number of aryl methyl sites for hydroxylation is 3. The third kappa shape index (κ3) is 3.19. The van der Waals surface area contributed by atoms with Gasteiger partial charge in [-0.25, -0.2) is 4.57 Å². The van der Waals surface area contributed by atoms with Crippen molar-refractivity contribution in [1.82, 2.24) is 0 Å². The predicted molar refractivity (Wildman–Crippen MR) is 147 cm³/mol. The molecule has 6 rings (SSSR count). The van der Waals surface area contributed by atoms with Gasteiger partial charge in [0.1, 0.15) is 18.2 Å². The first-order valence-electron chi connectivity index (χ1n) is 15.0. The standard InChI is InChI=1S/C33H36NO/c1-8-21-15-18-34(7)26(19-21)27-20(2)9-12-23-24-13-10-22-11-14-25-29(28(22)31(24)35-30(23)27)33(5,6)17-16-32(25,3)4/h9-15,18-19H,8,16-17H2,1-7H3/q+1/i1D3,8D2. The molecule has 0 saturated carbocycles. The predicted octanol–water partition coefficient (Wildman–Crippen LogP) is 8.45. The molecule has 35 heavy (non-hydrogen) atoms. The molecule has 0 unspecified atom stereocenters. The number of furan rings is 1.